The number of carbonyl (C=O) groups is 2. The second-order valence-corrected chi connectivity index (χ2v) is 5.53. The van der Waals surface area contributed by atoms with E-state index in [2.05, 4.69) is 5.32 Å². The van der Waals surface area contributed by atoms with Gasteiger partial charge in [-0.25, -0.2) is 0 Å². The molecule has 0 spiro atoms. The van der Waals surface area contributed by atoms with Gasteiger partial charge in [-0.05, 0) is 23.8 Å². The zero-order valence-electron chi connectivity index (χ0n) is 10.9. The standard InChI is InChI=1S/C14H16N2O2S/c1-16(2)11-5-3-10(4-6-11)7-13-14(12(18)8-17)15-9-19-13/h3-8,14-15H,9H2,1-2H3. The first-order valence-electron chi connectivity index (χ1n) is 5.96. The minimum atomic E-state index is -0.476. The molecule has 0 radical (unpaired) electrons. The number of carbonyl (C=O) groups excluding carboxylic acids is 2. The quantitative estimate of drug-likeness (QED) is 0.667. The van der Waals surface area contributed by atoms with Crippen LogP contribution in [0.3, 0.4) is 0 Å². The summed E-state index contributed by atoms with van der Waals surface area (Å²) in [4.78, 5) is 25.0. The van der Waals surface area contributed by atoms with Crippen LogP contribution in [0.2, 0.25) is 0 Å². The van der Waals surface area contributed by atoms with Crippen molar-refractivity contribution in [3.05, 3.63) is 34.7 Å². The van der Waals surface area contributed by atoms with Crippen LogP contribution in [0, 0.1) is 0 Å². The first kappa shape index (κ1) is 13.8. The number of ketones is 1. The molecular weight excluding hydrogens is 260 g/mol. The van der Waals surface area contributed by atoms with Gasteiger partial charge in [0.2, 0.25) is 5.78 Å². The lowest BCUT2D eigenvalue weighted by Gasteiger charge is -2.12. The topological polar surface area (TPSA) is 49.4 Å². The van der Waals surface area contributed by atoms with E-state index in [0.29, 0.717) is 12.2 Å². The summed E-state index contributed by atoms with van der Waals surface area (Å²) in [6, 6.07) is 7.58. The van der Waals surface area contributed by atoms with Crippen LogP contribution in [0.15, 0.2) is 29.2 Å². The fourth-order valence-corrected chi connectivity index (χ4v) is 2.86. The van der Waals surface area contributed by atoms with Crippen LogP contribution in [0.5, 0.6) is 0 Å². The maximum absolute atomic E-state index is 11.5. The first-order chi connectivity index (χ1) is 9.11. The average molecular weight is 276 g/mol. The smallest absolute Gasteiger partial charge is 0.217 e. The highest BCUT2D eigenvalue weighted by atomic mass is 32.2. The van der Waals surface area contributed by atoms with Gasteiger partial charge in [0.15, 0.2) is 6.29 Å². The highest BCUT2D eigenvalue weighted by Gasteiger charge is 2.27. The third-order valence-electron chi connectivity index (χ3n) is 2.93. The molecule has 1 unspecified atom stereocenters. The molecule has 1 saturated heterocycles. The highest BCUT2D eigenvalue weighted by Crippen LogP contribution is 2.28. The Morgan fingerprint density at radius 1 is 1.37 bits per heavy atom. The molecule has 5 heteroatoms. The van der Waals surface area contributed by atoms with Crippen LogP contribution in [-0.2, 0) is 9.59 Å². The van der Waals surface area contributed by atoms with Gasteiger partial charge in [-0.1, -0.05) is 12.1 Å². The molecule has 1 aliphatic heterocycles. The van der Waals surface area contributed by atoms with E-state index in [1.165, 1.54) is 0 Å². The van der Waals surface area contributed by atoms with Gasteiger partial charge in [0.25, 0.3) is 0 Å². The molecule has 2 rings (SSSR count). The lowest BCUT2D eigenvalue weighted by atomic mass is 10.1. The number of nitrogens with zero attached hydrogens (tertiary/aromatic N) is 1. The van der Waals surface area contributed by atoms with Crippen molar-refractivity contribution < 1.29 is 9.59 Å². The van der Waals surface area contributed by atoms with E-state index in [0.717, 1.165) is 16.2 Å². The SMILES string of the molecule is CN(C)c1ccc(C=C2SCNC2C(=O)C=O)cc1. The van der Waals surface area contributed by atoms with Crippen molar-refractivity contribution in [2.75, 3.05) is 24.9 Å². The summed E-state index contributed by atoms with van der Waals surface area (Å²) in [6.07, 6.45) is 2.34. The van der Waals surface area contributed by atoms with Crippen LogP contribution in [0.25, 0.3) is 6.08 Å². The number of benzene rings is 1. The maximum Gasteiger partial charge on any atom is 0.217 e. The number of Topliss-reactive ketones (excluding diaryl/α,β-unsaturated/α-hetero) is 1. The van der Waals surface area contributed by atoms with Crippen LogP contribution >= 0.6 is 11.8 Å². The van der Waals surface area contributed by atoms with E-state index < -0.39 is 11.8 Å². The van der Waals surface area contributed by atoms with Gasteiger partial charge < -0.3 is 4.90 Å². The molecule has 1 aromatic carbocycles. The summed E-state index contributed by atoms with van der Waals surface area (Å²) in [5.41, 5.74) is 2.15. The second-order valence-electron chi connectivity index (χ2n) is 4.48. The Labute approximate surface area is 116 Å². The highest BCUT2D eigenvalue weighted by molar-refractivity contribution is 8.03. The van der Waals surface area contributed by atoms with Gasteiger partial charge in [0, 0.05) is 30.6 Å². The summed E-state index contributed by atoms with van der Waals surface area (Å²) >= 11 is 1.56. The van der Waals surface area contributed by atoms with Gasteiger partial charge in [-0.3, -0.25) is 14.9 Å². The largest absolute Gasteiger partial charge is 0.378 e. The minimum absolute atomic E-state index is 0.381. The summed E-state index contributed by atoms with van der Waals surface area (Å²) in [5, 5.41) is 3.01. The summed E-state index contributed by atoms with van der Waals surface area (Å²) in [5.74, 6) is 0.243. The van der Waals surface area contributed by atoms with Gasteiger partial charge in [-0.15, -0.1) is 11.8 Å². The number of anilines is 1. The fraction of sp³-hybridized carbons (Fsp3) is 0.286. The molecule has 1 aliphatic rings. The van der Waals surface area contributed by atoms with Crippen molar-refractivity contribution >= 4 is 35.6 Å². The zero-order valence-corrected chi connectivity index (χ0v) is 11.7. The Morgan fingerprint density at radius 2 is 2.05 bits per heavy atom. The number of hydrogen-bond acceptors (Lipinski definition) is 5. The predicted molar refractivity (Wildman–Crippen MR) is 79.2 cm³/mol. The molecule has 0 amide bonds. The number of hydrogen-bond donors (Lipinski definition) is 1. The third-order valence-corrected chi connectivity index (χ3v) is 3.93. The van der Waals surface area contributed by atoms with Crippen LogP contribution < -0.4 is 10.2 Å². The minimum Gasteiger partial charge on any atom is -0.378 e. The molecule has 0 aliphatic carbocycles. The summed E-state index contributed by atoms with van der Waals surface area (Å²) in [6.45, 7) is 0. The van der Waals surface area contributed by atoms with Gasteiger partial charge in [-0.2, -0.15) is 0 Å². The average Bonchev–Trinajstić information content (AvgIpc) is 2.86. The van der Waals surface area contributed by atoms with Crippen molar-refractivity contribution in [3.8, 4) is 0 Å². The molecule has 1 aromatic rings. The summed E-state index contributed by atoms with van der Waals surface area (Å²) < 4.78 is 0. The van der Waals surface area contributed by atoms with Crippen molar-refractivity contribution in [2.45, 2.75) is 6.04 Å². The fourth-order valence-electron chi connectivity index (χ4n) is 1.86. The molecule has 1 N–H and O–H groups in total. The van der Waals surface area contributed by atoms with E-state index in [-0.39, 0.29) is 0 Å². The van der Waals surface area contributed by atoms with Crippen LogP contribution in [-0.4, -0.2) is 38.1 Å². The zero-order chi connectivity index (χ0) is 13.8. The number of thioether (sulfide) groups is 1. The van der Waals surface area contributed by atoms with E-state index in [1.54, 1.807) is 11.8 Å². The molecule has 0 bridgehead atoms. The van der Waals surface area contributed by atoms with E-state index in [4.69, 9.17) is 0 Å². The molecule has 1 heterocycles. The molecular formula is C14H16N2O2S. The van der Waals surface area contributed by atoms with Gasteiger partial charge >= 0.3 is 0 Å². The van der Waals surface area contributed by atoms with Crippen molar-refractivity contribution in [1.29, 1.82) is 0 Å². The van der Waals surface area contributed by atoms with Crippen molar-refractivity contribution in [1.82, 2.24) is 5.32 Å². The molecule has 100 valence electrons. The van der Waals surface area contributed by atoms with E-state index in [1.807, 2.05) is 49.3 Å². The molecule has 0 aromatic heterocycles. The van der Waals surface area contributed by atoms with Gasteiger partial charge in [0.05, 0.1) is 0 Å². The summed E-state index contributed by atoms with van der Waals surface area (Å²) in [7, 11) is 3.98. The van der Waals surface area contributed by atoms with E-state index in [9.17, 15) is 9.59 Å². The molecule has 0 saturated carbocycles. The normalized spacial score (nSPS) is 20.5. The monoisotopic (exact) mass is 276 g/mol. The molecule has 1 fully saturated rings. The molecule has 4 nitrogen and oxygen atoms in total. The number of rotatable bonds is 4. The molecule has 19 heavy (non-hydrogen) atoms. The van der Waals surface area contributed by atoms with E-state index >= 15 is 0 Å². The Bertz CT molecular complexity index is 509. The first-order valence-corrected chi connectivity index (χ1v) is 6.94. The third kappa shape index (κ3) is 3.24. The Kier molecular flexibility index (Phi) is 4.39. The van der Waals surface area contributed by atoms with Gasteiger partial charge in [0.1, 0.15) is 6.04 Å². The lowest BCUT2D eigenvalue weighted by Crippen LogP contribution is -2.32. The van der Waals surface area contributed by atoms with Crippen LogP contribution in [0.1, 0.15) is 5.56 Å². The second kappa shape index (κ2) is 6.04. The Hall–Kier alpha value is -1.59. The van der Waals surface area contributed by atoms with Crippen molar-refractivity contribution in [3.63, 3.8) is 0 Å². The maximum atomic E-state index is 11.5. The van der Waals surface area contributed by atoms with Crippen LogP contribution in [0.4, 0.5) is 5.69 Å². The predicted octanol–water partition coefficient (Wildman–Crippen LogP) is 1.52. The lowest BCUT2D eigenvalue weighted by molar-refractivity contribution is -0.130. The van der Waals surface area contributed by atoms with Crippen molar-refractivity contribution in [2.24, 2.45) is 0 Å². The number of aldehydes is 1. The molecule has 1 atom stereocenters. The Morgan fingerprint density at radius 3 is 2.63 bits per heavy atom. The number of nitrogens with one attached hydrogen (secondary N) is 1. The Balaban J connectivity index is 2.20.